The summed E-state index contributed by atoms with van der Waals surface area (Å²) in [5, 5.41) is 10.7. The van der Waals surface area contributed by atoms with Crippen molar-refractivity contribution in [1.82, 2.24) is 4.90 Å². The molecule has 2 aliphatic rings. The topological polar surface area (TPSA) is 83.8 Å². The SMILES string of the molecule is O=C1[C@H]2CCCN2C(=O)N1c1cccc([N+](=O)[O-])c1. The standard InChI is InChI=1S/C12H11N3O4/c16-11-10-5-2-6-13(10)12(17)14(11)8-3-1-4-9(7-8)15(18)19/h1,3-4,7,10H,2,5-6H2/t10-/m1/s1. The number of rotatable bonds is 2. The van der Waals surface area contributed by atoms with Crippen molar-refractivity contribution in [2.24, 2.45) is 0 Å². The average Bonchev–Trinajstić information content (AvgIpc) is 2.95. The van der Waals surface area contributed by atoms with Crippen LogP contribution in [-0.2, 0) is 4.79 Å². The van der Waals surface area contributed by atoms with Crippen molar-refractivity contribution in [1.29, 1.82) is 0 Å². The molecule has 2 saturated heterocycles. The molecule has 0 bridgehead atoms. The van der Waals surface area contributed by atoms with Crippen LogP contribution in [0.1, 0.15) is 12.8 Å². The highest BCUT2D eigenvalue weighted by molar-refractivity contribution is 6.21. The molecule has 1 atom stereocenters. The minimum atomic E-state index is -0.546. The molecule has 1 aromatic rings. The number of urea groups is 1. The maximum absolute atomic E-state index is 12.2. The molecule has 0 radical (unpaired) electrons. The molecule has 98 valence electrons. The van der Waals surface area contributed by atoms with E-state index in [1.54, 1.807) is 0 Å². The van der Waals surface area contributed by atoms with Crippen molar-refractivity contribution < 1.29 is 14.5 Å². The molecule has 3 amide bonds. The number of non-ortho nitro benzene ring substituents is 1. The Hall–Kier alpha value is -2.44. The fourth-order valence-corrected chi connectivity index (χ4v) is 2.61. The maximum Gasteiger partial charge on any atom is 0.332 e. The monoisotopic (exact) mass is 261 g/mol. The van der Waals surface area contributed by atoms with Gasteiger partial charge in [-0.3, -0.25) is 14.9 Å². The van der Waals surface area contributed by atoms with E-state index in [9.17, 15) is 19.7 Å². The Morgan fingerprint density at radius 1 is 1.32 bits per heavy atom. The summed E-state index contributed by atoms with van der Waals surface area (Å²) in [7, 11) is 0. The normalized spacial score (nSPS) is 22.0. The predicted molar refractivity (Wildman–Crippen MR) is 65.7 cm³/mol. The number of hydrogen-bond donors (Lipinski definition) is 0. The summed E-state index contributed by atoms with van der Waals surface area (Å²) >= 11 is 0. The van der Waals surface area contributed by atoms with Crippen LogP contribution < -0.4 is 4.90 Å². The molecule has 3 rings (SSSR count). The van der Waals surface area contributed by atoms with Crippen LogP contribution in [0.2, 0.25) is 0 Å². The highest BCUT2D eigenvalue weighted by Crippen LogP contribution is 2.32. The smallest absolute Gasteiger partial charge is 0.312 e. The number of imide groups is 1. The summed E-state index contributed by atoms with van der Waals surface area (Å²) in [5.74, 6) is -0.289. The molecule has 7 heteroatoms. The molecular formula is C12H11N3O4. The van der Waals surface area contributed by atoms with Gasteiger partial charge in [0.1, 0.15) is 6.04 Å². The van der Waals surface area contributed by atoms with Crippen molar-refractivity contribution in [2.75, 3.05) is 11.4 Å². The second-order valence-corrected chi connectivity index (χ2v) is 4.58. The van der Waals surface area contributed by atoms with Crippen molar-refractivity contribution in [3.63, 3.8) is 0 Å². The fraction of sp³-hybridized carbons (Fsp3) is 0.333. The van der Waals surface area contributed by atoms with E-state index < -0.39 is 11.0 Å². The van der Waals surface area contributed by atoms with Crippen LogP contribution >= 0.6 is 0 Å². The Labute approximate surface area is 108 Å². The van der Waals surface area contributed by atoms with Gasteiger partial charge in [0.15, 0.2) is 0 Å². The summed E-state index contributed by atoms with van der Waals surface area (Å²) in [5.41, 5.74) is 0.128. The van der Waals surface area contributed by atoms with Gasteiger partial charge in [0.2, 0.25) is 0 Å². The molecule has 0 unspecified atom stereocenters. The number of hydrogen-bond acceptors (Lipinski definition) is 4. The number of carbonyl (C=O) groups is 2. The molecule has 19 heavy (non-hydrogen) atoms. The number of anilines is 1. The summed E-state index contributed by atoms with van der Waals surface area (Å²) in [6.45, 7) is 0.570. The largest absolute Gasteiger partial charge is 0.332 e. The quantitative estimate of drug-likeness (QED) is 0.459. The van der Waals surface area contributed by atoms with Gasteiger partial charge in [0.25, 0.3) is 11.6 Å². The first-order chi connectivity index (χ1) is 9.09. The van der Waals surface area contributed by atoms with E-state index >= 15 is 0 Å². The Morgan fingerprint density at radius 2 is 2.11 bits per heavy atom. The molecule has 2 aliphatic heterocycles. The molecule has 0 aliphatic carbocycles. The highest BCUT2D eigenvalue weighted by atomic mass is 16.6. The van der Waals surface area contributed by atoms with Crippen molar-refractivity contribution in [2.45, 2.75) is 18.9 Å². The molecule has 1 aromatic carbocycles. The van der Waals surface area contributed by atoms with Crippen molar-refractivity contribution in [3.05, 3.63) is 34.4 Å². The van der Waals surface area contributed by atoms with E-state index in [4.69, 9.17) is 0 Å². The van der Waals surface area contributed by atoms with Gasteiger partial charge in [-0.1, -0.05) is 6.07 Å². The molecule has 2 fully saturated rings. The molecular weight excluding hydrogens is 250 g/mol. The van der Waals surface area contributed by atoms with Gasteiger partial charge >= 0.3 is 6.03 Å². The third-order valence-electron chi connectivity index (χ3n) is 3.49. The first kappa shape index (κ1) is 11.6. The number of carbonyl (C=O) groups excluding carboxylic acids is 2. The van der Waals surface area contributed by atoms with E-state index in [1.807, 2.05) is 0 Å². The van der Waals surface area contributed by atoms with E-state index in [-0.39, 0.29) is 23.3 Å². The van der Waals surface area contributed by atoms with Crippen molar-refractivity contribution in [3.8, 4) is 0 Å². The summed E-state index contributed by atoms with van der Waals surface area (Å²) in [6.07, 6.45) is 1.49. The number of fused-ring (bicyclic) bond motifs is 1. The second kappa shape index (κ2) is 4.04. The minimum Gasteiger partial charge on any atom is -0.312 e. The zero-order chi connectivity index (χ0) is 13.6. The van der Waals surface area contributed by atoms with Crippen molar-refractivity contribution >= 4 is 23.3 Å². The number of benzene rings is 1. The van der Waals surface area contributed by atoms with E-state index in [2.05, 4.69) is 0 Å². The highest BCUT2D eigenvalue weighted by Gasteiger charge is 2.48. The van der Waals surface area contributed by atoms with Crippen LogP contribution in [0.25, 0.3) is 0 Å². The van der Waals surface area contributed by atoms with E-state index in [0.717, 1.165) is 11.3 Å². The number of nitro benzene ring substituents is 1. The minimum absolute atomic E-state index is 0.134. The van der Waals surface area contributed by atoms with Crippen LogP contribution in [0, 0.1) is 10.1 Å². The first-order valence-electron chi connectivity index (χ1n) is 5.98. The molecule has 0 spiro atoms. The van der Waals surface area contributed by atoms with Gasteiger partial charge < -0.3 is 4.90 Å². The van der Waals surface area contributed by atoms with Gasteiger partial charge in [-0.2, -0.15) is 0 Å². The van der Waals surface area contributed by atoms with Crippen LogP contribution in [0.4, 0.5) is 16.2 Å². The molecule has 7 nitrogen and oxygen atoms in total. The van der Waals surface area contributed by atoms with Crippen LogP contribution in [0.5, 0.6) is 0 Å². The van der Waals surface area contributed by atoms with Gasteiger partial charge in [-0.25, -0.2) is 9.69 Å². The van der Waals surface area contributed by atoms with Gasteiger partial charge in [-0.05, 0) is 18.9 Å². The molecule has 0 saturated carbocycles. The maximum atomic E-state index is 12.2. The Morgan fingerprint density at radius 3 is 2.79 bits per heavy atom. The lowest BCUT2D eigenvalue weighted by Gasteiger charge is -2.15. The Balaban J connectivity index is 1.98. The first-order valence-corrected chi connectivity index (χ1v) is 5.98. The predicted octanol–water partition coefficient (Wildman–Crippen LogP) is 1.53. The third kappa shape index (κ3) is 1.66. The zero-order valence-electron chi connectivity index (χ0n) is 9.98. The second-order valence-electron chi connectivity index (χ2n) is 4.58. The average molecular weight is 261 g/mol. The zero-order valence-corrected chi connectivity index (χ0v) is 9.98. The summed E-state index contributed by atoms with van der Waals surface area (Å²) in [6, 6.07) is 4.80. The van der Waals surface area contributed by atoms with E-state index in [0.29, 0.717) is 13.0 Å². The van der Waals surface area contributed by atoms with E-state index in [1.165, 1.54) is 29.2 Å². The number of nitrogens with zero attached hydrogens (tertiary/aromatic N) is 3. The molecule has 0 N–H and O–H groups in total. The lowest BCUT2D eigenvalue weighted by Crippen LogP contribution is -2.33. The fourth-order valence-electron chi connectivity index (χ4n) is 2.61. The van der Waals surface area contributed by atoms with Gasteiger partial charge in [0.05, 0.1) is 10.6 Å². The third-order valence-corrected chi connectivity index (χ3v) is 3.49. The van der Waals surface area contributed by atoms with Crippen LogP contribution in [-0.4, -0.2) is 34.3 Å². The Kier molecular flexibility index (Phi) is 2.48. The van der Waals surface area contributed by atoms with Crippen LogP contribution in [0.15, 0.2) is 24.3 Å². The van der Waals surface area contributed by atoms with Gasteiger partial charge in [0, 0.05) is 18.7 Å². The van der Waals surface area contributed by atoms with Gasteiger partial charge in [-0.15, -0.1) is 0 Å². The molecule has 0 aromatic heterocycles. The van der Waals surface area contributed by atoms with Crippen LogP contribution in [0.3, 0.4) is 0 Å². The Bertz CT molecular complexity index is 564. The molecule has 2 heterocycles. The summed E-state index contributed by atoms with van der Waals surface area (Å²) < 4.78 is 0. The number of amides is 3. The lowest BCUT2D eigenvalue weighted by atomic mass is 10.2. The number of nitro groups is 1. The summed E-state index contributed by atoms with van der Waals surface area (Å²) in [4.78, 5) is 37.1. The lowest BCUT2D eigenvalue weighted by molar-refractivity contribution is -0.384.